The molecule has 1 aliphatic carbocycles. The predicted octanol–water partition coefficient (Wildman–Crippen LogP) is 2.94. The molecule has 0 N–H and O–H groups in total. The molecule has 0 aromatic heterocycles. The fourth-order valence-corrected chi connectivity index (χ4v) is 2.99. The largest absolute Gasteiger partial charge is 0.458 e. The summed E-state index contributed by atoms with van der Waals surface area (Å²) >= 11 is 0. The Kier molecular flexibility index (Phi) is 4.46. The fourth-order valence-electron chi connectivity index (χ4n) is 2.99. The first-order valence-corrected chi connectivity index (χ1v) is 8.19. The van der Waals surface area contributed by atoms with Crippen LogP contribution in [0.4, 0.5) is 0 Å². The van der Waals surface area contributed by atoms with E-state index in [1.165, 1.54) is 0 Å². The molecule has 0 spiro atoms. The molecule has 0 bridgehead atoms. The molecule has 1 amide bonds. The van der Waals surface area contributed by atoms with E-state index in [1.807, 2.05) is 42.2 Å². The first-order valence-electron chi connectivity index (χ1n) is 8.19. The Labute approximate surface area is 131 Å². The van der Waals surface area contributed by atoms with Crippen molar-refractivity contribution in [3.8, 4) is 0 Å². The molecule has 0 radical (unpaired) electrons. The van der Waals surface area contributed by atoms with Gasteiger partial charge in [-0.25, -0.2) is 0 Å². The number of hydrogen-bond acceptors (Lipinski definition) is 3. The number of carbonyl (C=O) groups is 2. The van der Waals surface area contributed by atoms with E-state index in [2.05, 4.69) is 0 Å². The van der Waals surface area contributed by atoms with Crippen LogP contribution < -0.4 is 0 Å². The number of nitrogens with zero attached hydrogens (tertiary/aromatic N) is 1. The highest BCUT2D eigenvalue weighted by molar-refractivity contribution is 5.81. The molecule has 4 nitrogen and oxygen atoms in total. The lowest BCUT2D eigenvalue weighted by molar-refractivity contribution is -0.156. The van der Waals surface area contributed by atoms with Crippen molar-refractivity contribution >= 4 is 11.9 Å². The quantitative estimate of drug-likeness (QED) is 0.803. The smallest absolute Gasteiger partial charge is 0.309 e. The van der Waals surface area contributed by atoms with Crippen LogP contribution in [0.5, 0.6) is 0 Å². The second-order valence-electron chi connectivity index (χ2n) is 6.36. The van der Waals surface area contributed by atoms with E-state index >= 15 is 0 Å². The minimum Gasteiger partial charge on any atom is -0.458 e. The zero-order chi connectivity index (χ0) is 15.5. The molecule has 1 saturated carbocycles. The van der Waals surface area contributed by atoms with Gasteiger partial charge in [-0.2, -0.15) is 0 Å². The maximum Gasteiger partial charge on any atom is 0.309 e. The van der Waals surface area contributed by atoms with Crippen molar-refractivity contribution < 1.29 is 14.3 Å². The van der Waals surface area contributed by atoms with E-state index in [-0.39, 0.29) is 29.8 Å². The summed E-state index contributed by atoms with van der Waals surface area (Å²) in [5.74, 6) is 0.343. The van der Waals surface area contributed by atoms with Crippen molar-refractivity contribution in [1.29, 1.82) is 0 Å². The van der Waals surface area contributed by atoms with Crippen LogP contribution in [0, 0.1) is 11.8 Å². The molecule has 3 rings (SSSR count). The Morgan fingerprint density at radius 2 is 1.68 bits per heavy atom. The summed E-state index contributed by atoms with van der Waals surface area (Å²) in [6.45, 7) is 3.28. The molecular weight excluding hydrogens is 278 g/mol. The van der Waals surface area contributed by atoms with E-state index < -0.39 is 0 Å². The number of benzene rings is 1. The summed E-state index contributed by atoms with van der Waals surface area (Å²) in [5.41, 5.74) is 1.01. The topological polar surface area (TPSA) is 46.6 Å². The van der Waals surface area contributed by atoms with Gasteiger partial charge in [-0.1, -0.05) is 30.3 Å². The highest BCUT2D eigenvalue weighted by Crippen LogP contribution is 2.32. The first-order chi connectivity index (χ1) is 10.6. The van der Waals surface area contributed by atoms with E-state index in [9.17, 15) is 9.59 Å². The van der Waals surface area contributed by atoms with Gasteiger partial charge in [0.2, 0.25) is 5.91 Å². The number of amides is 1. The van der Waals surface area contributed by atoms with Crippen molar-refractivity contribution in [3.63, 3.8) is 0 Å². The van der Waals surface area contributed by atoms with Crippen LogP contribution in [0.1, 0.15) is 44.3 Å². The van der Waals surface area contributed by atoms with Crippen molar-refractivity contribution in [2.75, 3.05) is 13.1 Å². The minimum atomic E-state index is -0.222. The summed E-state index contributed by atoms with van der Waals surface area (Å²) in [6, 6.07) is 9.78. The summed E-state index contributed by atoms with van der Waals surface area (Å²) in [5, 5.41) is 0. The molecule has 1 unspecified atom stereocenters. The normalized spacial score (nSPS) is 20.5. The van der Waals surface area contributed by atoms with Crippen LogP contribution in [0.2, 0.25) is 0 Å². The number of likely N-dealkylation sites (tertiary alicyclic amines) is 1. The number of carbonyl (C=O) groups excluding carboxylic acids is 2. The highest BCUT2D eigenvalue weighted by atomic mass is 16.5. The molecule has 2 fully saturated rings. The van der Waals surface area contributed by atoms with Crippen LogP contribution in [-0.2, 0) is 14.3 Å². The van der Waals surface area contributed by atoms with E-state index in [0.29, 0.717) is 13.1 Å². The molecule has 118 valence electrons. The van der Waals surface area contributed by atoms with Gasteiger partial charge in [0.1, 0.15) is 6.10 Å². The predicted molar refractivity (Wildman–Crippen MR) is 83.0 cm³/mol. The Hall–Kier alpha value is -1.84. The van der Waals surface area contributed by atoms with E-state index in [0.717, 1.165) is 31.2 Å². The lowest BCUT2D eigenvalue weighted by Gasteiger charge is -2.31. The van der Waals surface area contributed by atoms with E-state index in [4.69, 9.17) is 4.74 Å². The van der Waals surface area contributed by atoms with Crippen molar-refractivity contribution in [2.24, 2.45) is 11.8 Å². The van der Waals surface area contributed by atoms with Gasteiger partial charge in [0.05, 0.1) is 5.92 Å². The van der Waals surface area contributed by atoms with Gasteiger partial charge in [0, 0.05) is 19.0 Å². The molecule has 1 saturated heterocycles. The number of rotatable bonds is 4. The molecule has 1 heterocycles. The van der Waals surface area contributed by atoms with Crippen LogP contribution >= 0.6 is 0 Å². The van der Waals surface area contributed by atoms with Crippen molar-refractivity contribution in [2.45, 2.75) is 38.7 Å². The Morgan fingerprint density at radius 1 is 1.05 bits per heavy atom. The lowest BCUT2D eigenvalue weighted by Crippen LogP contribution is -2.41. The molecule has 1 aromatic rings. The SMILES string of the molecule is CC(OC(=O)C1CCN(C(=O)C2CC2)CC1)c1ccccc1. The van der Waals surface area contributed by atoms with E-state index in [1.54, 1.807) is 0 Å². The lowest BCUT2D eigenvalue weighted by atomic mass is 9.96. The van der Waals surface area contributed by atoms with Gasteiger partial charge in [-0.15, -0.1) is 0 Å². The second-order valence-corrected chi connectivity index (χ2v) is 6.36. The average Bonchev–Trinajstić information content (AvgIpc) is 3.40. The van der Waals surface area contributed by atoms with Crippen molar-refractivity contribution in [3.05, 3.63) is 35.9 Å². The Balaban J connectivity index is 1.48. The Bertz CT molecular complexity index is 531. The third-order valence-electron chi connectivity index (χ3n) is 4.63. The maximum absolute atomic E-state index is 12.3. The van der Waals surface area contributed by atoms with Gasteiger partial charge < -0.3 is 9.64 Å². The number of hydrogen-bond donors (Lipinski definition) is 0. The van der Waals surface area contributed by atoms with Gasteiger partial charge in [0.25, 0.3) is 0 Å². The van der Waals surface area contributed by atoms with Crippen LogP contribution in [-0.4, -0.2) is 29.9 Å². The summed E-state index contributed by atoms with van der Waals surface area (Å²) < 4.78 is 5.59. The maximum atomic E-state index is 12.3. The van der Waals surface area contributed by atoms with Gasteiger partial charge in [0.15, 0.2) is 0 Å². The van der Waals surface area contributed by atoms with Crippen LogP contribution in [0.3, 0.4) is 0 Å². The standard InChI is InChI=1S/C18H23NO3/c1-13(14-5-3-2-4-6-14)22-18(21)16-9-11-19(12-10-16)17(20)15-7-8-15/h2-6,13,15-16H,7-12H2,1H3. The summed E-state index contributed by atoms with van der Waals surface area (Å²) in [6.07, 6.45) is 3.29. The molecular formula is C18H23NO3. The Morgan fingerprint density at radius 3 is 2.27 bits per heavy atom. The minimum absolute atomic E-state index is 0.0746. The van der Waals surface area contributed by atoms with Crippen LogP contribution in [0.25, 0.3) is 0 Å². The van der Waals surface area contributed by atoms with Gasteiger partial charge in [-0.05, 0) is 38.2 Å². The summed E-state index contributed by atoms with van der Waals surface area (Å²) in [7, 11) is 0. The van der Waals surface area contributed by atoms with Crippen molar-refractivity contribution in [1.82, 2.24) is 4.90 Å². The highest BCUT2D eigenvalue weighted by Gasteiger charge is 2.36. The first kappa shape index (κ1) is 15.1. The number of piperidine rings is 1. The molecule has 2 aliphatic rings. The molecule has 1 atom stereocenters. The molecule has 4 heteroatoms. The van der Waals surface area contributed by atoms with Gasteiger partial charge in [-0.3, -0.25) is 9.59 Å². The third kappa shape index (κ3) is 3.49. The molecule has 1 aliphatic heterocycles. The number of esters is 1. The molecule has 1 aromatic carbocycles. The zero-order valence-corrected chi connectivity index (χ0v) is 13.0. The van der Waals surface area contributed by atoms with Gasteiger partial charge >= 0.3 is 5.97 Å². The van der Waals surface area contributed by atoms with Crippen LogP contribution in [0.15, 0.2) is 30.3 Å². The third-order valence-corrected chi connectivity index (χ3v) is 4.63. The number of ether oxygens (including phenoxy) is 1. The summed E-state index contributed by atoms with van der Waals surface area (Å²) in [4.78, 5) is 26.2. The zero-order valence-electron chi connectivity index (χ0n) is 13.0. The molecule has 22 heavy (non-hydrogen) atoms. The average molecular weight is 301 g/mol. The second kappa shape index (κ2) is 6.51. The fraction of sp³-hybridized carbons (Fsp3) is 0.556. The monoisotopic (exact) mass is 301 g/mol.